The van der Waals surface area contributed by atoms with Crippen LogP contribution in [0.1, 0.15) is 33.6 Å². The van der Waals surface area contributed by atoms with Gasteiger partial charge in [0.25, 0.3) is 0 Å². The molecule has 1 fully saturated rings. The summed E-state index contributed by atoms with van der Waals surface area (Å²) in [6.07, 6.45) is 1.79. The van der Waals surface area contributed by atoms with E-state index >= 15 is 0 Å². The molecule has 6 heteroatoms. The Bertz CT molecular complexity index is 336. The smallest absolute Gasteiger partial charge is 0.214 e. The number of hydrogen-bond acceptors (Lipinski definition) is 4. The van der Waals surface area contributed by atoms with Gasteiger partial charge in [-0.1, -0.05) is 6.92 Å². The van der Waals surface area contributed by atoms with E-state index in [1.807, 2.05) is 0 Å². The first-order valence-electron chi connectivity index (χ1n) is 7.40. The summed E-state index contributed by atoms with van der Waals surface area (Å²) in [6.45, 7) is 11.2. The first-order valence-corrected chi connectivity index (χ1v) is 9.01. The Balaban J connectivity index is 2.30. The second-order valence-electron chi connectivity index (χ2n) is 5.45. The third-order valence-corrected chi connectivity index (χ3v) is 5.54. The summed E-state index contributed by atoms with van der Waals surface area (Å²) in [5, 5.41) is 3.24. The van der Waals surface area contributed by atoms with Crippen molar-refractivity contribution in [2.24, 2.45) is 0 Å². The van der Waals surface area contributed by atoms with Crippen LogP contribution in [0.4, 0.5) is 0 Å². The average molecular weight is 291 g/mol. The second kappa shape index (κ2) is 8.19. The molecule has 19 heavy (non-hydrogen) atoms. The van der Waals surface area contributed by atoms with Crippen molar-refractivity contribution in [3.05, 3.63) is 0 Å². The predicted molar refractivity (Wildman–Crippen MR) is 79.8 cm³/mol. The van der Waals surface area contributed by atoms with Gasteiger partial charge in [0.15, 0.2) is 0 Å². The van der Waals surface area contributed by atoms with Crippen LogP contribution in [-0.4, -0.2) is 68.7 Å². The van der Waals surface area contributed by atoms with Crippen LogP contribution < -0.4 is 5.32 Å². The largest absolute Gasteiger partial charge is 0.317 e. The highest BCUT2D eigenvalue weighted by atomic mass is 32.2. The molecule has 1 N–H and O–H groups in total. The third-order valence-electron chi connectivity index (χ3n) is 3.58. The Labute approximate surface area is 118 Å². The Kier molecular flexibility index (Phi) is 7.28. The van der Waals surface area contributed by atoms with E-state index in [2.05, 4.69) is 31.0 Å². The summed E-state index contributed by atoms with van der Waals surface area (Å²) in [4.78, 5) is 2.33. The molecule has 0 radical (unpaired) electrons. The Morgan fingerprint density at radius 3 is 2.26 bits per heavy atom. The standard InChI is InChI=1S/C13H29N3O2S/c1-4-6-14-7-5-12-19(17,18)16-10-8-15(9-11-16)13(2)3/h13-14H,4-12H2,1-3H3. The molecule has 1 aliphatic heterocycles. The van der Waals surface area contributed by atoms with Crippen LogP contribution in [0.15, 0.2) is 0 Å². The minimum Gasteiger partial charge on any atom is -0.317 e. The summed E-state index contributed by atoms with van der Waals surface area (Å²) in [5.41, 5.74) is 0. The fraction of sp³-hybridized carbons (Fsp3) is 1.00. The molecule has 0 saturated carbocycles. The van der Waals surface area contributed by atoms with Crippen molar-refractivity contribution < 1.29 is 8.42 Å². The first-order chi connectivity index (χ1) is 8.97. The maximum atomic E-state index is 12.2. The van der Waals surface area contributed by atoms with Gasteiger partial charge in [0.05, 0.1) is 5.75 Å². The normalized spacial score (nSPS) is 19.2. The molecule has 0 atom stereocenters. The number of nitrogens with zero attached hydrogens (tertiary/aromatic N) is 2. The van der Waals surface area contributed by atoms with Crippen LogP contribution in [0.3, 0.4) is 0 Å². The Morgan fingerprint density at radius 2 is 1.74 bits per heavy atom. The third kappa shape index (κ3) is 5.77. The van der Waals surface area contributed by atoms with Crippen LogP contribution in [-0.2, 0) is 10.0 Å². The van der Waals surface area contributed by atoms with Crippen molar-refractivity contribution in [3.63, 3.8) is 0 Å². The molecule has 0 spiro atoms. The lowest BCUT2D eigenvalue weighted by Gasteiger charge is -2.36. The number of hydrogen-bond donors (Lipinski definition) is 1. The molecule has 0 unspecified atom stereocenters. The van der Waals surface area contributed by atoms with Gasteiger partial charge in [-0.25, -0.2) is 8.42 Å². The zero-order valence-electron chi connectivity index (χ0n) is 12.6. The lowest BCUT2D eigenvalue weighted by atomic mass is 10.3. The van der Waals surface area contributed by atoms with Crippen LogP contribution in [0.25, 0.3) is 0 Å². The lowest BCUT2D eigenvalue weighted by Crippen LogP contribution is -2.51. The van der Waals surface area contributed by atoms with E-state index in [1.54, 1.807) is 4.31 Å². The van der Waals surface area contributed by atoms with Gasteiger partial charge >= 0.3 is 0 Å². The van der Waals surface area contributed by atoms with Crippen molar-refractivity contribution in [1.29, 1.82) is 0 Å². The van der Waals surface area contributed by atoms with Crippen molar-refractivity contribution in [3.8, 4) is 0 Å². The summed E-state index contributed by atoms with van der Waals surface area (Å²) < 4.78 is 26.0. The Hall–Kier alpha value is -0.170. The Morgan fingerprint density at radius 1 is 1.11 bits per heavy atom. The van der Waals surface area contributed by atoms with Gasteiger partial charge < -0.3 is 5.32 Å². The van der Waals surface area contributed by atoms with Gasteiger partial charge in [0.2, 0.25) is 10.0 Å². The van der Waals surface area contributed by atoms with Crippen LogP contribution >= 0.6 is 0 Å². The van der Waals surface area contributed by atoms with Gasteiger partial charge in [-0.2, -0.15) is 4.31 Å². The highest BCUT2D eigenvalue weighted by molar-refractivity contribution is 7.89. The second-order valence-corrected chi connectivity index (χ2v) is 7.54. The molecule has 0 aromatic heterocycles. The fourth-order valence-corrected chi connectivity index (χ4v) is 3.80. The molecule has 1 rings (SSSR count). The van der Waals surface area contributed by atoms with E-state index in [4.69, 9.17) is 0 Å². The van der Waals surface area contributed by atoms with Crippen molar-refractivity contribution in [2.45, 2.75) is 39.7 Å². The van der Waals surface area contributed by atoms with E-state index in [1.165, 1.54) is 0 Å². The van der Waals surface area contributed by atoms with Crippen molar-refractivity contribution in [2.75, 3.05) is 45.0 Å². The number of nitrogens with one attached hydrogen (secondary N) is 1. The molecular weight excluding hydrogens is 262 g/mol. The molecule has 0 aromatic carbocycles. The molecule has 0 amide bonds. The quantitative estimate of drug-likeness (QED) is 0.670. The lowest BCUT2D eigenvalue weighted by molar-refractivity contribution is 0.154. The molecule has 1 aliphatic rings. The molecule has 0 aliphatic carbocycles. The SMILES string of the molecule is CCCNCCCS(=O)(=O)N1CCN(C(C)C)CC1. The van der Waals surface area contributed by atoms with Gasteiger partial charge in [-0.15, -0.1) is 0 Å². The van der Waals surface area contributed by atoms with Crippen LogP contribution in [0.5, 0.6) is 0 Å². The molecule has 114 valence electrons. The number of sulfonamides is 1. The highest BCUT2D eigenvalue weighted by Gasteiger charge is 2.27. The summed E-state index contributed by atoms with van der Waals surface area (Å²) in [6, 6.07) is 0.503. The van der Waals surface area contributed by atoms with Gasteiger partial charge in [0, 0.05) is 32.2 Å². The molecule has 5 nitrogen and oxygen atoms in total. The van der Waals surface area contributed by atoms with E-state index < -0.39 is 10.0 Å². The minimum atomic E-state index is -3.05. The van der Waals surface area contributed by atoms with Gasteiger partial charge in [-0.05, 0) is 39.8 Å². The van der Waals surface area contributed by atoms with Crippen LogP contribution in [0.2, 0.25) is 0 Å². The zero-order chi connectivity index (χ0) is 14.3. The van der Waals surface area contributed by atoms with Crippen molar-refractivity contribution >= 4 is 10.0 Å². The molecule has 0 bridgehead atoms. The van der Waals surface area contributed by atoms with Crippen molar-refractivity contribution in [1.82, 2.24) is 14.5 Å². The molecule has 0 aromatic rings. The van der Waals surface area contributed by atoms with E-state index in [-0.39, 0.29) is 5.75 Å². The topological polar surface area (TPSA) is 52.7 Å². The minimum absolute atomic E-state index is 0.269. The van der Waals surface area contributed by atoms with Crippen LogP contribution in [0, 0.1) is 0 Å². The van der Waals surface area contributed by atoms with E-state index in [9.17, 15) is 8.42 Å². The summed E-state index contributed by atoms with van der Waals surface area (Å²) in [7, 11) is -3.05. The number of rotatable bonds is 8. The summed E-state index contributed by atoms with van der Waals surface area (Å²) >= 11 is 0. The monoisotopic (exact) mass is 291 g/mol. The molecular formula is C13H29N3O2S. The van der Waals surface area contributed by atoms with E-state index in [0.717, 1.165) is 32.6 Å². The maximum Gasteiger partial charge on any atom is 0.214 e. The number of piperazine rings is 1. The van der Waals surface area contributed by atoms with Gasteiger partial charge in [-0.3, -0.25) is 4.90 Å². The maximum absolute atomic E-state index is 12.2. The van der Waals surface area contributed by atoms with Gasteiger partial charge in [0.1, 0.15) is 0 Å². The zero-order valence-corrected chi connectivity index (χ0v) is 13.4. The molecule has 1 heterocycles. The average Bonchev–Trinajstić information content (AvgIpc) is 2.38. The molecule has 1 saturated heterocycles. The summed E-state index contributed by atoms with van der Waals surface area (Å²) in [5.74, 6) is 0.269. The fourth-order valence-electron chi connectivity index (χ4n) is 2.31. The first kappa shape index (κ1) is 16.9. The van der Waals surface area contributed by atoms with E-state index in [0.29, 0.717) is 25.6 Å². The predicted octanol–water partition coefficient (Wildman–Crippen LogP) is 0.732. The highest BCUT2D eigenvalue weighted by Crippen LogP contribution is 2.11.